The Hall–Kier alpha value is 0.150. The number of allylic oxidation sites excluding steroid dienone is 2. The minimum atomic E-state index is 0.222. The Morgan fingerprint density at radius 2 is 1.90 bits per heavy atom. The molecule has 0 aliphatic rings. The number of alkyl halides is 2. The maximum atomic E-state index is 11.8. The molecule has 1 aromatic rings. The zero-order valence-corrected chi connectivity index (χ0v) is 16.3. The van der Waals surface area contributed by atoms with Gasteiger partial charge < -0.3 is 4.42 Å². The van der Waals surface area contributed by atoms with Gasteiger partial charge in [-0.15, -0.1) is 0 Å². The topological polar surface area (TPSA) is 30.2 Å². The van der Waals surface area contributed by atoms with E-state index in [0.717, 1.165) is 47.0 Å². The highest BCUT2D eigenvalue weighted by molar-refractivity contribution is 14.1. The molecule has 0 N–H and O–H groups in total. The lowest BCUT2D eigenvalue weighted by atomic mass is 10.1. The van der Waals surface area contributed by atoms with E-state index < -0.39 is 0 Å². The van der Waals surface area contributed by atoms with Crippen LogP contribution in [-0.2, 0) is 11.2 Å². The van der Waals surface area contributed by atoms with Crippen molar-refractivity contribution >= 4 is 56.5 Å². The molecule has 1 aromatic heterocycles. The van der Waals surface area contributed by atoms with Crippen LogP contribution in [0.1, 0.15) is 50.4 Å². The van der Waals surface area contributed by atoms with E-state index >= 15 is 0 Å². The summed E-state index contributed by atoms with van der Waals surface area (Å²) in [5.41, 5.74) is 2.05. The standard InChI is InChI=1S/C16H22I2O2/c1-13(10-15(19)6-2-4-8-17)14-11-16(20-12-14)7-3-5-9-18/h10-12H,2-9H2,1H3/b13-10+. The molecule has 0 aromatic carbocycles. The molecule has 0 amide bonds. The smallest absolute Gasteiger partial charge is 0.155 e. The summed E-state index contributed by atoms with van der Waals surface area (Å²) in [5.74, 6) is 1.25. The summed E-state index contributed by atoms with van der Waals surface area (Å²) in [4.78, 5) is 11.8. The predicted octanol–water partition coefficient (Wildman–Crippen LogP) is 5.62. The molecular formula is C16H22I2O2. The summed E-state index contributed by atoms with van der Waals surface area (Å²) in [6, 6.07) is 2.07. The van der Waals surface area contributed by atoms with Crippen molar-refractivity contribution in [2.45, 2.75) is 45.4 Å². The van der Waals surface area contributed by atoms with E-state index in [1.165, 1.54) is 10.8 Å². The first-order valence-electron chi connectivity index (χ1n) is 7.08. The number of unbranched alkanes of at least 4 members (excludes halogenated alkanes) is 2. The fourth-order valence-corrected chi connectivity index (χ4v) is 2.98. The van der Waals surface area contributed by atoms with Gasteiger partial charge in [0.25, 0.3) is 0 Å². The van der Waals surface area contributed by atoms with Crippen LogP contribution in [-0.4, -0.2) is 14.6 Å². The third kappa shape index (κ3) is 7.24. The first kappa shape index (κ1) is 18.2. The predicted molar refractivity (Wildman–Crippen MR) is 102 cm³/mol. The molecule has 0 saturated heterocycles. The molecule has 0 spiro atoms. The van der Waals surface area contributed by atoms with Crippen LogP contribution in [0, 0.1) is 0 Å². The van der Waals surface area contributed by atoms with Gasteiger partial charge in [0, 0.05) is 18.4 Å². The Morgan fingerprint density at radius 1 is 1.20 bits per heavy atom. The lowest BCUT2D eigenvalue weighted by Gasteiger charge is -1.97. The molecule has 0 unspecified atom stereocenters. The molecule has 2 nitrogen and oxygen atoms in total. The first-order chi connectivity index (χ1) is 9.67. The SMILES string of the molecule is C/C(=C\C(=O)CCCCI)c1coc(CCCCI)c1. The van der Waals surface area contributed by atoms with E-state index in [1.807, 2.05) is 6.92 Å². The fourth-order valence-electron chi connectivity index (χ4n) is 1.90. The Labute approximate surface area is 149 Å². The third-order valence-electron chi connectivity index (χ3n) is 3.10. The van der Waals surface area contributed by atoms with Gasteiger partial charge in [-0.3, -0.25) is 4.79 Å². The van der Waals surface area contributed by atoms with Crippen molar-refractivity contribution in [3.63, 3.8) is 0 Å². The van der Waals surface area contributed by atoms with E-state index in [1.54, 1.807) is 12.3 Å². The number of carbonyl (C=O) groups is 1. The van der Waals surface area contributed by atoms with E-state index in [-0.39, 0.29) is 5.78 Å². The summed E-state index contributed by atoms with van der Waals surface area (Å²) in [7, 11) is 0. The van der Waals surface area contributed by atoms with Gasteiger partial charge in [0.1, 0.15) is 5.76 Å². The number of furan rings is 1. The Balaban J connectivity index is 2.49. The van der Waals surface area contributed by atoms with Crippen molar-refractivity contribution in [3.05, 3.63) is 29.7 Å². The van der Waals surface area contributed by atoms with Gasteiger partial charge in [0.05, 0.1) is 6.26 Å². The largest absolute Gasteiger partial charge is 0.469 e. The number of hydrogen-bond acceptors (Lipinski definition) is 2. The number of halogens is 2. The van der Waals surface area contributed by atoms with Crippen LogP contribution in [0.5, 0.6) is 0 Å². The lowest BCUT2D eigenvalue weighted by Crippen LogP contribution is -1.94. The zero-order chi connectivity index (χ0) is 14.8. The van der Waals surface area contributed by atoms with Crippen molar-refractivity contribution in [3.8, 4) is 0 Å². The van der Waals surface area contributed by atoms with Gasteiger partial charge >= 0.3 is 0 Å². The molecule has 0 atom stereocenters. The molecule has 0 aliphatic carbocycles. The Bertz CT molecular complexity index is 435. The third-order valence-corrected chi connectivity index (χ3v) is 4.63. The van der Waals surface area contributed by atoms with Gasteiger partial charge in [0.15, 0.2) is 5.78 Å². The molecular weight excluding hydrogens is 478 g/mol. The molecule has 0 saturated carbocycles. The molecule has 1 rings (SSSR count). The molecule has 112 valence electrons. The van der Waals surface area contributed by atoms with Crippen LogP contribution in [0.25, 0.3) is 5.57 Å². The van der Waals surface area contributed by atoms with E-state index in [9.17, 15) is 4.79 Å². The van der Waals surface area contributed by atoms with E-state index in [0.29, 0.717) is 6.42 Å². The van der Waals surface area contributed by atoms with Crippen LogP contribution in [0.4, 0.5) is 0 Å². The second-order valence-corrected chi connectivity index (χ2v) is 7.05. The highest BCUT2D eigenvalue weighted by Crippen LogP contribution is 2.19. The number of aryl methyl sites for hydroxylation is 1. The summed E-state index contributed by atoms with van der Waals surface area (Å²) >= 11 is 4.74. The molecule has 0 aliphatic heterocycles. The highest BCUT2D eigenvalue weighted by atomic mass is 127. The normalized spacial score (nSPS) is 11.8. The van der Waals surface area contributed by atoms with Crippen molar-refractivity contribution in [1.82, 2.24) is 0 Å². The lowest BCUT2D eigenvalue weighted by molar-refractivity contribution is -0.114. The van der Waals surface area contributed by atoms with Crippen molar-refractivity contribution < 1.29 is 9.21 Å². The van der Waals surface area contributed by atoms with Gasteiger partial charge in [-0.1, -0.05) is 45.2 Å². The van der Waals surface area contributed by atoms with Gasteiger partial charge in [-0.25, -0.2) is 0 Å². The van der Waals surface area contributed by atoms with Crippen LogP contribution in [0.3, 0.4) is 0 Å². The Morgan fingerprint density at radius 3 is 2.60 bits per heavy atom. The van der Waals surface area contributed by atoms with Crippen LogP contribution in [0.2, 0.25) is 0 Å². The zero-order valence-electron chi connectivity index (χ0n) is 12.0. The van der Waals surface area contributed by atoms with Crippen molar-refractivity contribution in [2.24, 2.45) is 0 Å². The van der Waals surface area contributed by atoms with Crippen LogP contribution >= 0.6 is 45.2 Å². The fraction of sp³-hybridized carbons (Fsp3) is 0.562. The van der Waals surface area contributed by atoms with E-state index in [4.69, 9.17) is 4.42 Å². The number of ketones is 1. The summed E-state index contributed by atoms with van der Waals surface area (Å²) in [6.45, 7) is 1.98. The van der Waals surface area contributed by atoms with Crippen LogP contribution in [0.15, 0.2) is 22.8 Å². The molecule has 0 fully saturated rings. The van der Waals surface area contributed by atoms with Gasteiger partial charge in [-0.2, -0.15) is 0 Å². The second-order valence-electron chi connectivity index (χ2n) is 4.89. The summed E-state index contributed by atoms with van der Waals surface area (Å²) < 4.78 is 7.87. The van der Waals surface area contributed by atoms with Crippen molar-refractivity contribution in [2.75, 3.05) is 8.86 Å². The minimum absolute atomic E-state index is 0.222. The number of carbonyl (C=O) groups excluding carboxylic acids is 1. The van der Waals surface area contributed by atoms with Gasteiger partial charge in [0.2, 0.25) is 0 Å². The van der Waals surface area contributed by atoms with Crippen molar-refractivity contribution in [1.29, 1.82) is 0 Å². The molecule has 4 heteroatoms. The van der Waals surface area contributed by atoms with Gasteiger partial charge in [-0.05, 0) is 59.2 Å². The molecule has 0 radical (unpaired) electrons. The number of rotatable bonds is 10. The Kier molecular flexibility index (Phi) is 9.84. The van der Waals surface area contributed by atoms with Crippen LogP contribution < -0.4 is 0 Å². The maximum Gasteiger partial charge on any atom is 0.155 e. The van der Waals surface area contributed by atoms with E-state index in [2.05, 4.69) is 51.2 Å². The first-order valence-corrected chi connectivity index (χ1v) is 10.1. The summed E-state index contributed by atoms with van der Waals surface area (Å²) in [5, 5.41) is 0. The second kappa shape index (κ2) is 10.8. The number of hydrogen-bond donors (Lipinski definition) is 0. The molecule has 1 heterocycles. The highest BCUT2D eigenvalue weighted by Gasteiger charge is 2.05. The summed E-state index contributed by atoms with van der Waals surface area (Å²) in [6.07, 6.45) is 9.65. The quantitative estimate of drug-likeness (QED) is 0.181. The minimum Gasteiger partial charge on any atom is -0.469 e. The average Bonchev–Trinajstić information content (AvgIpc) is 2.88. The monoisotopic (exact) mass is 500 g/mol. The molecule has 20 heavy (non-hydrogen) atoms. The average molecular weight is 500 g/mol. The maximum absolute atomic E-state index is 11.8. The molecule has 0 bridgehead atoms.